The van der Waals surface area contributed by atoms with Gasteiger partial charge in [0.05, 0.1) is 13.0 Å². The van der Waals surface area contributed by atoms with Crippen molar-refractivity contribution in [2.75, 3.05) is 19.7 Å². The summed E-state index contributed by atoms with van der Waals surface area (Å²) in [6.07, 6.45) is 3.57. The van der Waals surface area contributed by atoms with Gasteiger partial charge >= 0.3 is 0 Å². The van der Waals surface area contributed by atoms with Gasteiger partial charge < -0.3 is 19.7 Å². The summed E-state index contributed by atoms with van der Waals surface area (Å²) in [7, 11) is 0. The molecule has 4 rings (SSSR count). The van der Waals surface area contributed by atoms with Gasteiger partial charge in [-0.2, -0.15) is 0 Å². The third-order valence-corrected chi connectivity index (χ3v) is 6.44. The van der Waals surface area contributed by atoms with Crippen LogP contribution in [0.25, 0.3) is 10.9 Å². The van der Waals surface area contributed by atoms with Crippen LogP contribution >= 0.6 is 11.6 Å². The molecule has 1 aromatic heterocycles. The average molecular weight is 427 g/mol. The van der Waals surface area contributed by atoms with Gasteiger partial charge in [-0.1, -0.05) is 29.8 Å². The third-order valence-electron chi connectivity index (χ3n) is 5.84. The fourth-order valence-electron chi connectivity index (χ4n) is 4.20. The molecular weight excluding hydrogens is 400 g/mol. The van der Waals surface area contributed by atoms with Crippen molar-refractivity contribution in [3.63, 3.8) is 0 Å². The van der Waals surface area contributed by atoms with Crippen molar-refractivity contribution in [1.29, 1.82) is 0 Å². The number of carbonyl (C=O) groups is 1. The van der Waals surface area contributed by atoms with Crippen LogP contribution in [0.5, 0.6) is 5.75 Å². The van der Waals surface area contributed by atoms with Crippen LogP contribution in [0.4, 0.5) is 0 Å². The molecule has 1 aliphatic rings. The fraction of sp³-hybridized carbons (Fsp3) is 0.375. The highest BCUT2D eigenvalue weighted by Gasteiger charge is 2.36. The minimum absolute atomic E-state index is 0.0241. The van der Waals surface area contributed by atoms with Crippen LogP contribution < -0.4 is 4.74 Å². The van der Waals surface area contributed by atoms with Crippen molar-refractivity contribution in [1.82, 2.24) is 9.88 Å². The molecule has 2 aromatic carbocycles. The first-order valence-electron chi connectivity index (χ1n) is 10.3. The number of benzene rings is 2. The van der Waals surface area contributed by atoms with Gasteiger partial charge in [-0.3, -0.25) is 4.79 Å². The van der Waals surface area contributed by atoms with Gasteiger partial charge in [0.25, 0.3) is 0 Å². The second-order valence-electron chi connectivity index (χ2n) is 8.34. The van der Waals surface area contributed by atoms with Crippen LogP contribution in [0.1, 0.15) is 29.5 Å². The standard InChI is InChI=1S/C24H27ClN2O3/c1-16-10-19(11-17(2)23(16)25)30-15-24(29)8-5-9-27(14-24)22(28)12-18-13-26-21-7-4-3-6-20(18)21/h3-4,6-7,10-11,13,26,29H,5,8-9,12,14-15H2,1-2H3. The SMILES string of the molecule is Cc1cc(OCC2(O)CCCN(C(=O)Cc3c[nH]c4ccccc34)C2)cc(C)c1Cl. The van der Waals surface area contributed by atoms with Gasteiger partial charge in [0.2, 0.25) is 5.91 Å². The molecule has 0 aliphatic carbocycles. The molecule has 3 aromatic rings. The number of ether oxygens (including phenoxy) is 1. The van der Waals surface area contributed by atoms with E-state index in [1.54, 1.807) is 4.90 Å². The molecule has 1 unspecified atom stereocenters. The van der Waals surface area contributed by atoms with Crippen LogP contribution in [-0.2, 0) is 11.2 Å². The number of para-hydroxylation sites is 1. The Morgan fingerprint density at radius 1 is 1.27 bits per heavy atom. The minimum Gasteiger partial charge on any atom is -0.491 e. The smallest absolute Gasteiger partial charge is 0.227 e. The first-order valence-corrected chi connectivity index (χ1v) is 10.7. The Morgan fingerprint density at radius 2 is 2.00 bits per heavy atom. The Hall–Kier alpha value is -2.50. The van der Waals surface area contributed by atoms with E-state index in [9.17, 15) is 9.90 Å². The number of nitrogens with zero attached hydrogens (tertiary/aromatic N) is 1. The Kier molecular flexibility index (Phi) is 5.76. The molecule has 1 amide bonds. The number of aliphatic hydroxyl groups is 1. The summed E-state index contributed by atoms with van der Waals surface area (Å²) in [5, 5.41) is 12.9. The maximum Gasteiger partial charge on any atom is 0.227 e. The number of likely N-dealkylation sites (tertiary alicyclic amines) is 1. The molecule has 30 heavy (non-hydrogen) atoms. The van der Waals surface area contributed by atoms with Gasteiger partial charge in [-0.05, 0) is 61.6 Å². The van der Waals surface area contributed by atoms with Crippen molar-refractivity contribution in [2.45, 2.75) is 38.7 Å². The van der Waals surface area contributed by atoms with Gasteiger partial charge in [-0.25, -0.2) is 0 Å². The summed E-state index contributed by atoms with van der Waals surface area (Å²) in [5.74, 6) is 0.709. The lowest BCUT2D eigenvalue weighted by Crippen LogP contribution is -2.53. The molecule has 1 aliphatic heterocycles. The van der Waals surface area contributed by atoms with E-state index in [2.05, 4.69) is 4.98 Å². The summed E-state index contributed by atoms with van der Waals surface area (Å²) in [6, 6.07) is 11.7. The number of fused-ring (bicyclic) bond motifs is 1. The van der Waals surface area contributed by atoms with E-state index in [1.165, 1.54) is 0 Å². The average Bonchev–Trinajstić information content (AvgIpc) is 3.13. The Bertz CT molecular complexity index is 1050. The number of nitrogens with one attached hydrogen (secondary N) is 1. The summed E-state index contributed by atoms with van der Waals surface area (Å²) < 4.78 is 5.91. The number of halogens is 1. The lowest BCUT2D eigenvalue weighted by molar-refractivity contribution is -0.139. The minimum atomic E-state index is -1.06. The lowest BCUT2D eigenvalue weighted by Gasteiger charge is -2.39. The topological polar surface area (TPSA) is 65.6 Å². The van der Waals surface area contributed by atoms with Gasteiger partial charge in [0, 0.05) is 28.7 Å². The normalized spacial score (nSPS) is 19.3. The summed E-state index contributed by atoms with van der Waals surface area (Å²) in [6.45, 7) is 4.94. The van der Waals surface area contributed by atoms with Crippen molar-refractivity contribution in [3.8, 4) is 5.75 Å². The molecule has 0 saturated carbocycles. The summed E-state index contributed by atoms with van der Waals surface area (Å²) in [4.78, 5) is 17.9. The molecule has 1 fully saturated rings. The Balaban J connectivity index is 1.41. The number of rotatable bonds is 5. The number of H-pyrrole nitrogens is 1. The molecule has 2 N–H and O–H groups in total. The Labute approximate surface area is 181 Å². The van der Waals surface area contributed by atoms with Crippen molar-refractivity contribution >= 4 is 28.4 Å². The number of aryl methyl sites for hydroxylation is 2. The van der Waals surface area contributed by atoms with E-state index in [0.717, 1.165) is 39.0 Å². The monoisotopic (exact) mass is 426 g/mol. The number of hydrogen-bond acceptors (Lipinski definition) is 3. The molecule has 0 radical (unpaired) electrons. The van der Waals surface area contributed by atoms with Gasteiger partial charge in [0.15, 0.2) is 0 Å². The first-order chi connectivity index (χ1) is 14.3. The predicted octanol–water partition coefficient (Wildman–Crippen LogP) is 4.41. The first kappa shape index (κ1) is 20.8. The third kappa shape index (κ3) is 4.32. The number of aromatic amines is 1. The largest absolute Gasteiger partial charge is 0.491 e. The zero-order valence-corrected chi connectivity index (χ0v) is 18.1. The van der Waals surface area contributed by atoms with Crippen molar-refractivity contribution < 1.29 is 14.6 Å². The number of hydrogen-bond donors (Lipinski definition) is 2. The zero-order valence-electron chi connectivity index (χ0n) is 17.4. The molecule has 1 atom stereocenters. The van der Waals surface area contributed by atoms with E-state index >= 15 is 0 Å². The van der Waals surface area contributed by atoms with E-state index in [4.69, 9.17) is 16.3 Å². The van der Waals surface area contributed by atoms with Crippen LogP contribution in [0, 0.1) is 13.8 Å². The molecule has 6 heteroatoms. The fourth-order valence-corrected chi connectivity index (χ4v) is 4.31. The Morgan fingerprint density at radius 3 is 2.77 bits per heavy atom. The van der Waals surface area contributed by atoms with E-state index < -0.39 is 5.60 Å². The number of amides is 1. The molecule has 5 nitrogen and oxygen atoms in total. The maximum absolute atomic E-state index is 12.9. The lowest BCUT2D eigenvalue weighted by atomic mass is 9.93. The van der Waals surface area contributed by atoms with E-state index in [-0.39, 0.29) is 19.1 Å². The number of piperidine rings is 1. The molecular formula is C24H27ClN2O3. The second-order valence-corrected chi connectivity index (χ2v) is 8.72. The molecule has 158 valence electrons. The second kappa shape index (κ2) is 8.32. The van der Waals surface area contributed by atoms with Crippen molar-refractivity contribution in [2.24, 2.45) is 0 Å². The van der Waals surface area contributed by atoms with E-state index in [0.29, 0.717) is 25.1 Å². The van der Waals surface area contributed by atoms with E-state index in [1.807, 2.05) is 56.4 Å². The maximum atomic E-state index is 12.9. The molecule has 2 heterocycles. The van der Waals surface area contributed by atoms with Crippen LogP contribution in [-0.4, -0.2) is 46.2 Å². The highest BCUT2D eigenvalue weighted by molar-refractivity contribution is 6.32. The van der Waals surface area contributed by atoms with Crippen LogP contribution in [0.15, 0.2) is 42.6 Å². The number of carbonyl (C=O) groups excluding carboxylic acids is 1. The highest BCUT2D eigenvalue weighted by atomic mass is 35.5. The summed E-state index contributed by atoms with van der Waals surface area (Å²) >= 11 is 6.22. The van der Waals surface area contributed by atoms with Crippen LogP contribution in [0.3, 0.4) is 0 Å². The van der Waals surface area contributed by atoms with Gasteiger partial charge in [0.1, 0.15) is 18.0 Å². The zero-order chi connectivity index (χ0) is 21.3. The molecule has 0 bridgehead atoms. The van der Waals surface area contributed by atoms with Gasteiger partial charge in [-0.15, -0.1) is 0 Å². The quantitative estimate of drug-likeness (QED) is 0.635. The number of β-amino-alcohol motifs (C(OH)–C–C–N with tert-alkyl or cyclic N) is 1. The predicted molar refractivity (Wildman–Crippen MR) is 119 cm³/mol. The van der Waals surface area contributed by atoms with Crippen LogP contribution in [0.2, 0.25) is 5.02 Å². The number of aromatic nitrogens is 1. The molecule has 1 saturated heterocycles. The molecule has 0 spiro atoms. The summed E-state index contributed by atoms with van der Waals surface area (Å²) in [5.41, 5.74) is 2.83. The van der Waals surface area contributed by atoms with Crippen molar-refractivity contribution in [3.05, 3.63) is 64.3 Å². The highest BCUT2D eigenvalue weighted by Crippen LogP contribution is 2.28.